The van der Waals surface area contributed by atoms with E-state index in [2.05, 4.69) is 9.97 Å². The van der Waals surface area contributed by atoms with Gasteiger partial charge in [-0.25, -0.2) is 9.59 Å². The molecular weight excluding hydrogens is 204 g/mol. The lowest BCUT2D eigenvalue weighted by Crippen LogP contribution is -2.18. The number of aromatic carboxylic acids is 1. The Kier molecular flexibility index (Phi) is 3.29. The van der Waals surface area contributed by atoms with Gasteiger partial charge in [0.2, 0.25) is 0 Å². The number of H-pyrrole nitrogens is 1. The highest BCUT2D eigenvalue weighted by atomic mass is 32.2. The third kappa shape index (κ3) is 2.14. The first-order valence-corrected chi connectivity index (χ1v) is 5.01. The van der Waals surface area contributed by atoms with E-state index in [-0.39, 0.29) is 10.6 Å². The smallest absolute Gasteiger partial charge is 0.346 e. The van der Waals surface area contributed by atoms with E-state index in [1.165, 1.54) is 11.8 Å². The molecule has 2 N–H and O–H groups in total. The molecule has 0 atom stereocenters. The van der Waals surface area contributed by atoms with Crippen molar-refractivity contribution in [2.24, 2.45) is 0 Å². The van der Waals surface area contributed by atoms with Crippen molar-refractivity contribution >= 4 is 17.7 Å². The molecule has 0 aliphatic heterocycles. The van der Waals surface area contributed by atoms with E-state index in [0.717, 1.165) is 0 Å². The number of aromatic amines is 1. The average molecular weight is 214 g/mol. The van der Waals surface area contributed by atoms with Crippen molar-refractivity contribution in [2.45, 2.75) is 18.9 Å². The van der Waals surface area contributed by atoms with Crippen LogP contribution in [0.1, 0.15) is 23.0 Å². The summed E-state index contributed by atoms with van der Waals surface area (Å²) < 4.78 is 0. The van der Waals surface area contributed by atoms with Gasteiger partial charge in [0.1, 0.15) is 10.6 Å². The van der Waals surface area contributed by atoms with Crippen LogP contribution in [0.2, 0.25) is 0 Å². The van der Waals surface area contributed by atoms with Crippen LogP contribution in [0.25, 0.3) is 0 Å². The van der Waals surface area contributed by atoms with Crippen molar-refractivity contribution in [1.29, 1.82) is 0 Å². The topological polar surface area (TPSA) is 83.0 Å². The molecule has 0 radical (unpaired) electrons. The zero-order valence-electron chi connectivity index (χ0n) is 7.83. The van der Waals surface area contributed by atoms with E-state index >= 15 is 0 Å². The van der Waals surface area contributed by atoms with Crippen LogP contribution >= 0.6 is 11.8 Å². The SMILES string of the molecule is CCSc1nc(=O)[nH]c(C)c1C(=O)O. The van der Waals surface area contributed by atoms with Gasteiger partial charge >= 0.3 is 11.7 Å². The van der Waals surface area contributed by atoms with Crippen LogP contribution in [0.15, 0.2) is 9.82 Å². The maximum atomic E-state index is 11.0. The van der Waals surface area contributed by atoms with E-state index in [1.807, 2.05) is 6.92 Å². The summed E-state index contributed by atoms with van der Waals surface area (Å²) in [6.07, 6.45) is 0. The van der Waals surface area contributed by atoms with Gasteiger partial charge in [-0.2, -0.15) is 4.98 Å². The standard InChI is InChI=1S/C8H10N2O3S/c1-3-14-6-5(7(11)12)4(2)9-8(13)10-6/h3H2,1-2H3,(H,11,12)(H,9,10,13). The molecule has 14 heavy (non-hydrogen) atoms. The molecule has 0 unspecified atom stereocenters. The number of carbonyl (C=O) groups is 1. The van der Waals surface area contributed by atoms with Crippen molar-refractivity contribution in [3.05, 3.63) is 21.7 Å². The van der Waals surface area contributed by atoms with Crippen LogP contribution < -0.4 is 5.69 Å². The summed E-state index contributed by atoms with van der Waals surface area (Å²) in [5, 5.41) is 9.17. The highest BCUT2D eigenvalue weighted by Crippen LogP contribution is 2.19. The Morgan fingerprint density at radius 2 is 2.29 bits per heavy atom. The average Bonchev–Trinajstić information content (AvgIpc) is 2.01. The Hall–Kier alpha value is -1.30. The van der Waals surface area contributed by atoms with Crippen molar-refractivity contribution in [3.63, 3.8) is 0 Å². The van der Waals surface area contributed by atoms with Crippen LogP contribution in [0.5, 0.6) is 0 Å². The molecular formula is C8H10N2O3S. The lowest BCUT2D eigenvalue weighted by Gasteiger charge is -2.04. The normalized spacial score (nSPS) is 10.1. The first-order valence-electron chi connectivity index (χ1n) is 4.03. The summed E-state index contributed by atoms with van der Waals surface area (Å²) in [5.74, 6) is -0.391. The number of nitrogens with zero attached hydrogens (tertiary/aromatic N) is 1. The molecule has 1 aromatic heterocycles. The minimum absolute atomic E-state index is 0.0800. The zero-order valence-corrected chi connectivity index (χ0v) is 8.64. The molecule has 0 saturated carbocycles. The molecule has 0 aromatic carbocycles. The first kappa shape index (κ1) is 10.8. The van der Waals surface area contributed by atoms with Gasteiger partial charge in [0, 0.05) is 5.69 Å². The highest BCUT2D eigenvalue weighted by Gasteiger charge is 2.15. The largest absolute Gasteiger partial charge is 0.478 e. The predicted molar refractivity (Wildman–Crippen MR) is 53.0 cm³/mol. The predicted octanol–water partition coefficient (Wildman–Crippen LogP) is 0.889. The Balaban J connectivity index is 3.36. The van der Waals surface area contributed by atoms with Gasteiger partial charge in [-0.15, -0.1) is 11.8 Å². The molecule has 0 bridgehead atoms. The lowest BCUT2D eigenvalue weighted by molar-refractivity contribution is 0.0690. The molecule has 0 aliphatic rings. The van der Waals surface area contributed by atoms with Crippen LogP contribution in [-0.4, -0.2) is 26.8 Å². The summed E-state index contributed by atoms with van der Waals surface area (Å²) in [6.45, 7) is 3.42. The molecule has 0 amide bonds. The molecule has 1 aromatic rings. The van der Waals surface area contributed by atoms with Gasteiger partial charge in [-0.3, -0.25) is 0 Å². The molecule has 1 rings (SSSR count). The number of carboxylic acids is 1. The fourth-order valence-electron chi connectivity index (χ4n) is 1.05. The number of carboxylic acid groups (broad SMARTS) is 1. The second-order valence-corrected chi connectivity index (χ2v) is 3.84. The van der Waals surface area contributed by atoms with Gasteiger partial charge < -0.3 is 10.1 Å². The quantitative estimate of drug-likeness (QED) is 0.576. The summed E-state index contributed by atoms with van der Waals surface area (Å²) in [6, 6.07) is 0. The van der Waals surface area contributed by atoms with Crippen LogP contribution in [0.4, 0.5) is 0 Å². The Labute approximate surface area is 84.6 Å². The molecule has 0 spiro atoms. The Morgan fingerprint density at radius 3 is 2.79 bits per heavy atom. The first-order chi connectivity index (χ1) is 6.56. The highest BCUT2D eigenvalue weighted by molar-refractivity contribution is 7.99. The van der Waals surface area contributed by atoms with Gasteiger partial charge in [0.15, 0.2) is 0 Å². The van der Waals surface area contributed by atoms with Gasteiger partial charge in [-0.05, 0) is 12.7 Å². The number of thioether (sulfide) groups is 1. The molecule has 0 fully saturated rings. The number of nitrogens with one attached hydrogen (secondary N) is 1. The maximum Gasteiger partial charge on any atom is 0.346 e. The molecule has 0 aliphatic carbocycles. The van der Waals surface area contributed by atoms with Gasteiger partial charge in [0.05, 0.1) is 0 Å². The van der Waals surface area contributed by atoms with Crippen LogP contribution in [-0.2, 0) is 0 Å². The summed E-state index contributed by atoms with van der Waals surface area (Å²) in [7, 11) is 0. The Morgan fingerprint density at radius 1 is 1.64 bits per heavy atom. The second kappa shape index (κ2) is 4.28. The fourth-order valence-corrected chi connectivity index (χ4v) is 1.86. The third-order valence-corrected chi connectivity index (χ3v) is 2.44. The molecule has 6 heteroatoms. The molecule has 1 heterocycles. The number of aryl methyl sites for hydroxylation is 1. The number of aromatic nitrogens is 2. The summed E-state index contributed by atoms with van der Waals surface area (Å²) in [4.78, 5) is 27.8. The number of rotatable bonds is 3. The van der Waals surface area contributed by atoms with Crippen molar-refractivity contribution < 1.29 is 9.90 Å². The maximum absolute atomic E-state index is 11.0. The van der Waals surface area contributed by atoms with Crippen LogP contribution in [0.3, 0.4) is 0 Å². The zero-order chi connectivity index (χ0) is 10.7. The van der Waals surface area contributed by atoms with Gasteiger partial charge in [-0.1, -0.05) is 6.92 Å². The summed E-state index contributed by atoms with van der Waals surface area (Å²) in [5.41, 5.74) is -0.0895. The fraction of sp³-hybridized carbons (Fsp3) is 0.375. The van der Waals surface area contributed by atoms with Crippen molar-refractivity contribution in [3.8, 4) is 0 Å². The third-order valence-electron chi connectivity index (χ3n) is 1.58. The van der Waals surface area contributed by atoms with E-state index in [9.17, 15) is 9.59 Å². The second-order valence-electron chi connectivity index (χ2n) is 2.59. The van der Waals surface area contributed by atoms with E-state index in [1.54, 1.807) is 6.92 Å². The van der Waals surface area contributed by atoms with Crippen molar-refractivity contribution in [2.75, 3.05) is 5.75 Å². The monoisotopic (exact) mass is 214 g/mol. The molecule has 0 saturated heterocycles. The van der Waals surface area contributed by atoms with E-state index in [0.29, 0.717) is 11.4 Å². The lowest BCUT2D eigenvalue weighted by atomic mass is 10.2. The van der Waals surface area contributed by atoms with Gasteiger partial charge in [0.25, 0.3) is 0 Å². The number of hydrogen-bond donors (Lipinski definition) is 2. The van der Waals surface area contributed by atoms with Crippen LogP contribution in [0, 0.1) is 6.92 Å². The minimum Gasteiger partial charge on any atom is -0.478 e. The Bertz CT molecular complexity index is 414. The van der Waals surface area contributed by atoms with Crippen molar-refractivity contribution in [1.82, 2.24) is 9.97 Å². The number of hydrogen-bond acceptors (Lipinski definition) is 4. The summed E-state index contributed by atoms with van der Waals surface area (Å²) >= 11 is 1.25. The minimum atomic E-state index is -1.07. The molecule has 5 nitrogen and oxygen atoms in total. The molecule has 76 valence electrons. The van der Waals surface area contributed by atoms with E-state index < -0.39 is 11.7 Å². The van der Waals surface area contributed by atoms with E-state index in [4.69, 9.17) is 5.11 Å².